The number of sulfonamides is 2. The van der Waals surface area contributed by atoms with E-state index in [-0.39, 0.29) is 21.5 Å². The van der Waals surface area contributed by atoms with Gasteiger partial charge in [-0.2, -0.15) is 4.31 Å². The van der Waals surface area contributed by atoms with E-state index in [1.807, 2.05) is 0 Å². The van der Waals surface area contributed by atoms with Crippen molar-refractivity contribution in [1.82, 2.24) is 14.1 Å². The third kappa shape index (κ3) is 5.33. The highest BCUT2D eigenvalue weighted by atomic mass is 32.2. The first-order valence-electron chi connectivity index (χ1n) is 9.30. The van der Waals surface area contributed by atoms with Crippen molar-refractivity contribution in [1.29, 1.82) is 0 Å². The summed E-state index contributed by atoms with van der Waals surface area (Å²) in [5.74, 6) is -0.117. The summed E-state index contributed by atoms with van der Waals surface area (Å²) in [5, 5.41) is 2.55. The van der Waals surface area contributed by atoms with Gasteiger partial charge in [-0.1, -0.05) is 6.42 Å². The molecule has 0 radical (unpaired) electrons. The largest absolute Gasteiger partial charge is 0.326 e. The van der Waals surface area contributed by atoms with Crippen molar-refractivity contribution in [2.75, 3.05) is 23.8 Å². The van der Waals surface area contributed by atoms with E-state index < -0.39 is 20.0 Å². The van der Waals surface area contributed by atoms with Crippen molar-refractivity contribution >= 4 is 37.5 Å². The molecular formula is C18H23N5O5S2. The van der Waals surface area contributed by atoms with Gasteiger partial charge in [0.05, 0.1) is 4.90 Å². The molecule has 1 aliphatic heterocycles. The summed E-state index contributed by atoms with van der Waals surface area (Å²) in [6, 6.07) is 8.39. The Bertz CT molecular complexity index is 1090. The molecule has 2 aromatic rings. The number of amides is 1. The zero-order chi connectivity index (χ0) is 21.8. The van der Waals surface area contributed by atoms with Crippen LogP contribution in [0.4, 0.5) is 11.5 Å². The third-order valence-corrected chi connectivity index (χ3v) is 7.63. The quantitative estimate of drug-likeness (QED) is 0.540. The van der Waals surface area contributed by atoms with Crippen molar-refractivity contribution < 1.29 is 21.6 Å². The van der Waals surface area contributed by atoms with E-state index in [0.717, 1.165) is 19.3 Å². The van der Waals surface area contributed by atoms with Crippen molar-refractivity contribution in [3.05, 3.63) is 42.6 Å². The predicted octanol–water partition coefficient (Wildman–Crippen LogP) is 1.52. The van der Waals surface area contributed by atoms with Crippen molar-refractivity contribution in [2.45, 2.75) is 36.0 Å². The number of pyridine rings is 1. The highest BCUT2D eigenvalue weighted by Gasteiger charge is 2.26. The van der Waals surface area contributed by atoms with Crippen LogP contribution in [0.3, 0.4) is 0 Å². The number of anilines is 2. The number of aromatic nitrogens is 1. The molecular weight excluding hydrogens is 430 g/mol. The van der Waals surface area contributed by atoms with E-state index >= 15 is 0 Å². The van der Waals surface area contributed by atoms with Crippen molar-refractivity contribution in [3.63, 3.8) is 0 Å². The molecule has 3 rings (SSSR count). The summed E-state index contributed by atoms with van der Waals surface area (Å²) in [5.41, 5.74) is 2.93. The van der Waals surface area contributed by atoms with Gasteiger partial charge in [0.1, 0.15) is 10.7 Å². The van der Waals surface area contributed by atoms with Crippen LogP contribution >= 0.6 is 0 Å². The van der Waals surface area contributed by atoms with Crippen LogP contribution in [-0.4, -0.2) is 45.1 Å². The molecule has 0 unspecified atom stereocenters. The molecule has 1 aromatic carbocycles. The molecule has 1 saturated heterocycles. The molecule has 30 heavy (non-hydrogen) atoms. The van der Waals surface area contributed by atoms with Crippen LogP contribution < -0.4 is 15.6 Å². The van der Waals surface area contributed by atoms with Crippen LogP contribution in [0.1, 0.15) is 26.2 Å². The molecule has 1 aliphatic rings. The van der Waals surface area contributed by atoms with Gasteiger partial charge in [0.2, 0.25) is 15.9 Å². The number of piperidine rings is 1. The SMILES string of the molecule is CC(=O)Nc1ccc(S(=O)(=O)NNc2ccc(S(=O)(=O)N3CCCCC3)cn2)cc1. The van der Waals surface area contributed by atoms with Gasteiger partial charge in [0, 0.05) is 31.9 Å². The Kier molecular flexibility index (Phi) is 6.71. The molecule has 0 atom stereocenters. The fourth-order valence-corrected chi connectivity index (χ4v) is 5.27. The minimum Gasteiger partial charge on any atom is -0.326 e. The summed E-state index contributed by atoms with van der Waals surface area (Å²) >= 11 is 0. The normalized spacial score (nSPS) is 15.5. The molecule has 162 valence electrons. The Balaban J connectivity index is 1.64. The van der Waals surface area contributed by atoms with Gasteiger partial charge in [-0.25, -0.2) is 21.8 Å². The Hall–Kier alpha value is -2.54. The highest BCUT2D eigenvalue weighted by Crippen LogP contribution is 2.21. The molecule has 3 N–H and O–H groups in total. The van der Waals surface area contributed by atoms with Crippen LogP contribution in [0.15, 0.2) is 52.4 Å². The molecule has 0 aliphatic carbocycles. The zero-order valence-corrected chi connectivity index (χ0v) is 18.0. The number of rotatable bonds is 7. The van der Waals surface area contributed by atoms with E-state index in [9.17, 15) is 21.6 Å². The number of hydrogen-bond acceptors (Lipinski definition) is 7. The Morgan fingerprint density at radius 3 is 2.13 bits per heavy atom. The molecule has 2 heterocycles. The second kappa shape index (κ2) is 9.08. The number of nitrogens with one attached hydrogen (secondary N) is 3. The molecule has 1 aromatic heterocycles. The fraction of sp³-hybridized carbons (Fsp3) is 0.333. The number of hydrogen-bond donors (Lipinski definition) is 3. The first-order valence-corrected chi connectivity index (χ1v) is 12.2. The van der Waals surface area contributed by atoms with Crippen LogP contribution in [0.2, 0.25) is 0 Å². The average Bonchev–Trinajstić information content (AvgIpc) is 2.73. The lowest BCUT2D eigenvalue weighted by Gasteiger charge is -2.25. The second-order valence-corrected chi connectivity index (χ2v) is 10.4. The topological polar surface area (TPSA) is 138 Å². The van der Waals surface area contributed by atoms with Gasteiger partial charge >= 0.3 is 0 Å². The van der Waals surface area contributed by atoms with Crippen LogP contribution in [0, 0.1) is 0 Å². The van der Waals surface area contributed by atoms with Crippen LogP contribution in [0.25, 0.3) is 0 Å². The summed E-state index contributed by atoms with van der Waals surface area (Å²) in [7, 11) is -7.50. The summed E-state index contributed by atoms with van der Waals surface area (Å²) < 4.78 is 51.4. The molecule has 0 bridgehead atoms. The van der Waals surface area contributed by atoms with Crippen LogP contribution in [-0.2, 0) is 24.8 Å². The van der Waals surface area contributed by atoms with Gasteiger partial charge in [-0.3, -0.25) is 10.2 Å². The van der Waals surface area contributed by atoms with Crippen LogP contribution in [0.5, 0.6) is 0 Å². The first kappa shape index (κ1) is 22.2. The minimum atomic E-state index is -3.90. The van der Waals surface area contributed by atoms with E-state index in [4.69, 9.17) is 0 Å². The summed E-state index contributed by atoms with van der Waals surface area (Å²) in [4.78, 5) is 17.3. The molecule has 1 fully saturated rings. The van der Waals surface area contributed by atoms with E-state index in [1.54, 1.807) is 0 Å². The molecule has 10 nitrogen and oxygen atoms in total. The highest BCUT2D eigenvalue weighted by molar-refractivity contribution is 7.89. The average molecular weight is 454 g/mol. The van der Waals surface area contributed by atoms with Gasteiger partial charge < -0.3 is 5.32 Å². The lowest BCUT2D eigenvalue weighted by Crippen LogP contribution is -2.35. The fourth-order valence-electron chi connectivity index (χ4n) is 2.96. The van der Waals surface area contributed by atoms with Gasteiger partial charge in [-0.05, 0) is 49.2 Å². The lowest BCUT2D eigenvalue weighted by molar-refractivity contribution is -0.114. The number of benzene rings is 1. The van der Waals surface area contributed by atoms with Gasteiger partial charge in [0.15, 0.2) is 0 Å². The molecule has 0 saturated carbocycles. The smallest absolute Gasteiger partial charge is 0.257 e. The Labute approximate surface area is 175 Å². The summed E-state index contributed by atoms with van der Waals surface area (Å²) in [6.45, 7) is 2.33. The van der Waals surface area contributed by atoms with Gasteiger partial charge in [-0.15, -0.1) is 4.83 Å². The minimum absolute atomic E-state index is 0.0200. The molecule has 0 spiro atoms. The van der Waals surface area contributed by atoms with E-state index in [2.05, 4.69) is 20.6 Å². The number of carbonyl (C=O) groups excluding carboxylic acids is 1. The Morgan fingerprint density at radius 2 is 1.57 bits per heavy atom. The molecule has 1 amide bonds. The number of nitrogens with zero attached hydrogens (tertiary/aromatic N) is 2. The van der Waals surface area contributed by atoms with Crippen molar-refractivity contribution in [2.24, 2.45) is 0 Å². The number of carbonyl (C=O) groups is 1. The monoisotopic (exact) mass is 453 g/mol. The third-order valence-electron chi connectivity index (χ3n) is 4.49. The first-order chi connectivity index (χ1) is 14.2. The summed E-state index contributed by atoms with van der Waals surface area (Å²) in [6.07, 6.45) is 3.88. The maximum absolute atomic E-state index is 12.6. The predicted molar refractivity (Wildman–Crippen MR) is 112 cm³/mol. The lowest BCUT2D eigenvalue weighted by atomic mass is 10.2. The standard InChI is InChI=1S/C18H23N5O5S2/c1-14(24)20-15-5-7-16(8-6-15)29(25,26)22-21-18-10-9-17(13-19-18)30(27,28)23-11-3-2-4-12-23/h5-10,13,22H,2-4,11-12H2,1H3,(H,19,21)(H,20,24). The maximum Gasteiger partial charge on any atom is 0.257 e. The van der Waals surface area contributed by atoms with E-state index in [1.165, 1.54) is 53.8 Å². The Morgan fingerprint density at radius 1 is 0.933 bits per heavy atom. The molecule has 12 heteroatoms. The second-order valence-electron chi connectivity index (χ2n) is 6.78. The van der Waals surface area contributed by atoms with Crippen molar-refractivity contribution in [3.8, 4) is 0 Å². The number of hydrazine groups is 1. The maximum atomic E-state index is 12.6. The van der Waals surface area contributed by atoms with E-state index in [0.29, 0.717) is 18.8 Å². The zero-order valence-electron chi connectivity index (χ0n) is 16.3. The van der Waals surface area contributed by atoms with Gasteiger partial charge in [0.25, 0.3) is 10.0 Å².